The molecule has 2 aromatic rings. The van der Waals surface area contributed by atoms with Gasteiger partial charge >= 0.3 is 0 Å². The van der Waals surface area contributed by atoms with Gasteiger partial charge in [0.05, 0.1) is 23.5 Å². The largest absolute Gasteiger partial charge is 0.395 e. The van der Waals surface area contributed by atoms with Crippen LogP contribution in [-0.2, 0) is 0 Å². The molecule has 0 fully saturated rings. The number of nitrogens with zero attached hydrogens (tertiary/aromatic N) is 3. The molecule has 0 aliphatic rings. The van der Waals surface area contributed by atoms with Gasteiger partial charge in [0.15, 0.2) is 0 Å². The van der Waals surface area contributed by atoms with Gasteiger partial charge in [0.2, 0.25) is 0 Å². The van der Waals surface area contributed by atoms with E-state index in [2.05, 4.69) is 4.98 Å². The first-order valence-electron chi connectivity index (χ1n) is 6.19. The van der Waals surface area contributed by atoms with Crippen molar-refractivity contribution in [3.05, 3.63) is 40.7 Å². The van der Waals surface area contributed by atoms with Crippen molar-refractivity contribution in [1.29, 1.82) is 0 Å². The molecule has 0 saturated carbocycles. The molecule has 0 amide bonds. The normalized spacial score (nSPS) is 11.0. The Morgan fingerprint density at radius 1 is 1.33 bits per heavy atom. The van der Waals surface area contributed by atoms with Gasteiger partial charge in [-0.25, -0.2) is 8.78 Å². The molecule has 0 aliphatic heterocycles. The fraction of sp³-hybridized carbons (Fsp3) is 0.308. The number of non-ortho nitro benzene ring substituents is 1. The van der Waals surface area contributed by atoms with Crippen molar-refractivity contribution in [2.24, 2.45) is 0 Å². The first kappa shape index (κ1) is 15.0. The molecule has 0 saturated heterocycles. The fourth-order valence-electron chi connectivity index (χ4n) is 2.19. The molecule has 0 unspecified atom stereocenters. The Morgan fingerprint density at radius 3 is 2.71 bits per heavy atom. The Morgan fingerprint density at radius 2 is 2.10 bits per heavy atom. The second kappa shape index (κ2) is 6.40. The maximum absolute atomic E-state index is 12.7. The molecule has 0 atom stereocenters. The molecule has 0 aliphatic carbocycles. The van der Waals surface area contributed by atoms with Gasteiger partial charge in [-0.3, -0.25) is 15.1 Å². The smallest absolute Gasteiger partial charge is 0.278 e. The summed E-state index contributed by atoms with van der Waals surface area (Å²) in [6.07, 6.45) is 0.189. The summed E-state index contributed by atoms with van der Waals surface area (Å²) >= 11 is 0. The zero-order valence-electron chi connectivity index (χ0n) is 10.9. The minimum Gasteiger partial charge on any atom is -0.395 e. The SMILES string of the molecule is O=[N+]([O-])c1ccc(N(CCO)CC(F)F)c2ccncc12. The summed E-state index contributed by atoms with van der Waals surface area (Å²) in [5.41, 5.74) is 0.273. The molecule has 112 valence electrons. The Hall–Kier alpha value is -2.35. The van der Waals surface area contributed by atoms with E-state index in [0.29, 0.717) is 11.1 Å². The van der Waals surface area contributed by atoms with Crippen molar-refractivity contribution in [3.63, 3.8) is 0 Å². The molecule has 1 aromatic carbocycles. The van der Waals surface area contributed by atoms with Crippen molar-refractivity contribution in [3.8, 4) is 0 Å². The topological polar surface area (TPSA) is 79.5 Å². The van der Waals surface area contributed by atoms with E-state index in [1.165, 1.54) is 35.5 Å². The summed E-state index contributed by atoms with van der Waals surface area (Å²) in [7, 11) is 0. The van der Waals surface area contributed by atoms with Crippen LogP contribution in [-0.4, -0.2) is 41.1 Å². The van der Waals surface area contributed by atoms with Crippen LogP contribution in [0.1, 0.15) is 0 Å². The Labute approximate surface area is 118 Å². The molecule has 21 heavy (non-hydrogen) atoms. The second-order valence-corrected chi connectivity index (χ2v) is 4.34. The van der Waals surface area contributed by atoms with E-state index in [9.17, 15) is 18.9 Å². The predicted molar refractivity (Wildman–Crippen MR) is 73.7 cm³/mol. The number of pyridine rings is 1. The molecule has 2 rings (SSSR count). The van der Waals surface area contributed by atoms with Crippen LogP contribution in [0.25, 0.3) is 10.8 Å². The molecule has 0 bridgehead atoms. The van der Waals surface area contributed by atoms with Crippen LogP contribution in [0, 0.1) is 10.1 Å². The maximum atomic E-state index is 12.7. The number of benzene rings is 1. The van der Waals surface area contributed by atoms with E-state index in [0.717, 1.165) is 0 Å². The highest BCUT2D eigenvalue weighted by Crippen LogP contribution is 2.33. The quantitative estimate of drug-likeness (QED) is 0.653. The molecular weight excluding hydrogens is 284 g/mol. The molecule has 1 N–H and O–H groups in total. The average molecular weight is 297 g/mol. The first-order chi connectivity index (χ1) is 10.0. The van der Waals surface area contributed by atoms with Crippen molar-refractivity contribution < 1.29 is 18.8 Å². The number of nitro benzene ring substituents is 1. The third kappa shape index (κ3) is 3.22. The lowest BCUT2D eigenvalue weighted by atomic mass is 10.1. The van der Waals surface area contributed by atoms with Crippen molar-refractivity contribution in [2.75, 3.05) is 24.6 Å². The number of hydrogen-bond donors (Lipinski definition) is 1. The van der Waals surface area contributed by atoms with E-state index >= 15 is 0 Å². The minimum atomic E-state index is -2.58. The van der Waals surface area contributed by atoms with Crippen LogP contribution >= 0.6 is 0 Å². The summed E-state index contributed by atoms with van der Waals surface area (Å²) in [5.74, 6) is 0. The number of aliphatic hydroxyl groups excluding tert-OH is 1. The van der Waals surface area contributed by atoms with Gasteiger partial charge < -0.3 is 10.0 Å². The van der Waals surface area contributed by atoms with Crippen LogP contribution in [0.2, 0.25) is 0 Å². The van der Waals surface area contributed by atoms with Crippen LogP contribution in [0.4, 0.5) is 20.2 Å². The Balaban J connectivity index is 2.58. The summed E-state index contributed by atoms with van der Waals surface area (Å²) in [5, 5.41) is 20.7. The lowest BCUT2D eigenvalue weighted by Gasteiger charge is -2.24. The number of nitro groups is 1. The first-order valence-corrected chi connectivity index (χ1v) is 6.19. The molecule has 6 nitrogen and oxygen atoms in total. The number of anilines is 1. The fourth-order valence-corrected chi connectivity index (χ4v) is 2.19. The van der Waals surface area contributed by atoms with Crippen molar-refractivity contribution >= 4 is 22.1 Å². The number of hydrogen-bond acceptors (Lipinski definition) is 5. The monoisotopic (exact) mass is 297 g/mol. The summed E-state index contributed by atoms with van der Waals surface area (Å²) in [6, 6.07) is 4.21. The van der Waals surface area contributed by atoms with Gasteiger partial charge in [-0.15, -0.1) is 0 Å². The Bertz CT molecular complexity index is 652. The number of halogens is 2. The summed E-state index contributed by atoms with van der Waals surface area (Å²) in [4.78, 5) is 15.6. The number of fused-ring (bicyclic) bond motifs is 1. The third-order valence-electron chi connectivity index (χ3n) is 3.04. The highest BCUT2D eigenvalue weighted by Gasteiger charge is 2.19. The van der Waals surface area contributed by atoms with Crippen LogP contribution < -0.4 is 4.90 Å². The van der Waals surface area contributed by atoms with Gasteiger partial charge in [-0.05, 0) is 12.1 Å². The van der Waals surface area contributed by atoms with E-state index in [4.69, 9.17) is 5.11 Å². The third-order valence-corrected chi connectivity index (χ3v) is 3.04. The van der Waals surface area contributed by atoms with Gasteiger partial charge in [0, 0.05) is 36.1 Å². The summed E-state index contributed by atoms with van der Waals surface area (Å²) < 4.78 is 25.3. The lowest BCUT2D eigenvalue weighted by Crippen LogP contribution is -2.31. The lowest BCUT2D eigenvalue weighted by molar-refractivity contribution is -0.383. The van der Waals surface area contributed by atoms with E-state index < -0.39 is 17.9 Å². The highest BCUT2D eigenvalue weighted by atomic mass is 19.3. The van der Waals surface area contributed by atoms with Gasteiger partial charge in [-0.1, -0.05) is 0 Å². The maximum Gasteiger partial charge on any atom is 0.278 e. The standard InChI is InChI=1S/C13H13F2N3O3/c14-13(15)8-17(5-6-19)11-1-2-12(18(20)21)10-7-16-4-3-9(10)11/h1-4,7,13,19H,5-6,8H2. The van der Waals surface area contributed by atoms with Gasteiger partial charge in [-0.2, -0.15) is 0 Å². The zero-order chi connectivity index (χ0) is 15.4. The van der Waals surface area contributed by atoms with E-state index in [-0.39, 0.29) is 24.2 Å². The molecule has 1 aromatic heterocycles. The molecule has 0 radical (unpaired) electrons. The average Bonchev–Trinajstić information content (AvgIpc) is 2.45. The number of alkyl halides is 2. The molecule has 8 heteroatoms. The number of aliphatic hydroxyl groups is 1. The summed E-state index contributed by atoms with van der Waals surface area (Å²) in [6.45, 7) is -0.842. The second-order valence-electron chi connectivity index (χ2n) is 4.34. The zero-order valence-corrected chi connectivity index (χ0v) is 10.9. The van der Waals surface area contributed by atoms with Crippen molar-refractivity contribution in [2.45, 2.75) is 6.43 Å². The van der Waals surface area contributed by atoms with Gasteiger partial charge in [0.25, 0.3) is 12.1 Å². The Kier molecular flexibility index (Phi) is 4.59. The minimum absolute atomic E-state index is 0.0135. The van der Waals surface area contributed by atoms with Gasteiger partial charge in [0.1, 0.15) is 0 Å². The van der Waals surface area contributed by atoms with Crippen LogP contribution in [0.3, 0.4) is 0 Å². The highest BCUT2D eigenvalue weighted by molar-refractivity contribution is 5.99. The molecule has 1 heterocycles. The van der Waals surface area contributed by atoms with Crippen molar-refractivity contribution in [1.82, 2.24) is 4.98 Å². The van der Waals surface area contributed by atoms with Crippen LogP contribution in [0.15, 0.2) is 30.6 Å². The predicted octanol–water partition coefficient (Wildman–Crippen LogP) is 2.21. The van der Waals surface area contributed by atoms with Crippen LogP contribution in [0.5, 0.6) is 0 Å². The molecular formula is C13H13F2N3O3. The molecule has 0 spiro atoms. The van der Waals surface area contributed by atoms with E-state index in [1.807, 2.05) is 0 Å². The number of rotatable bonds is 6. The van der Waals surface area contributed by atoms with E-state index in [1.54, 1.807) is 0 Å². The number of aromatic nitrogens is 1.